The van der Waals surface area contributed by atoms with Crippen LogP contribution in [0.25, 0.3) is 0 Å². The van der Waals surface area contributed by atoms with Crippen molar-refractivity contribution in [1.29, 1.82) is 0 Å². The maximum Gasteiger partial charge on any atom is 0.263 e. The normalized spacial score (nSPS) is 11.1. The quantitative estimate of drug-likeness (QED) is 0.609. The minimum atomic E-state index is -0.470. The smallest absolute Gasteiger partial charge is 0.263 e. The summed E-state index contributed by atoms with van der Waals surface area (Å²) in [7, 11) is 0. The lowest BCUT2D eigenvalue weighted by Gasteiger charge is -2.05. The van der Waals surface area contributed by atoms with E-state index in [2.05, 4.69) is 10.3 Å². The molecule has 1 heterocycles. The van der Waals surface area contributed by atoms with Gasteiger partial charge in [-0.15, -0.1) is 11.8 Å². The zero-order chi connectivity index (χ0) is 11.1. The summed E-state index contributed by atoms with van der Waals surface area (Å²) in [4.78, 5) is 13.7. The fourth-order valence-corrected chi connectivity index (χ4v) is 1.37. The van der Waals surface area contributed by atoms with Crippen molar-refractivity contribution >= 4 is 11.8 Å². The van der Waals surface area contributed by atoms with E-state index >= 15 is 0 Å². The second-order valence-corrected chi connectivity index (χ2v) is 3.55. The van der Waals surface area contributed by atoms with Gasteiger partial charge < -0.3 is 5.32 Å². The van der Waals surface area contributed by atoms with Crippen LogP contribution >= 0.6 is 11.8 Å². The molecule has 0 saturated carbocycles. The first kappa shape index (κ1) is 11.5. The highest BCUT2D eigenvalue weighted by Gasteiger charge is 2.00. The summed E-state index contributed by atoms with van der Waals surface area (Å²) in [6.45, 7) is 0.536. The van der Waals surface area contributed by atoms with Crippen LogP contribution in [-0.4, -0.2) is 16.2 Å². The molecule has 0 amide bonds. The largest absolute Gasteiger partial charge is 0.371 e. The molecule has 6 heteroatoms. The third kappa shape index (κ3) is 4.46. The Hall–Kier alpha value is -1.56. The van der Waals surface area contributed by atoms with E-state index in [-0.39, 0.29) is 0 Å². The van der Waals surface area contributed by atoms with Gasteiger partial charge in [-0.2, -0.15) is 0 Å². The van der Waals surface area contributed by atoms with Gasteiger partial charge in [0.05, 0.1) is 4.92 Å². The monoisotopic (exact) mass is 225 g/mol. The minimum Gasteiger partial charge on any atom is -0.371 e. The second kappa shape index (κ2) is 6.02. The summed E-state index contributed by atoms with van der Waals surface area (Å²) in [5.74, 6) is 0. The molecule has 1 N–H and O–H groups in total. The third-order valence-electron chi connectivity index (χ3n) is 1.63. The Morgan fingerprint density at radius 3 is 3.13 bits per heavy atom. The zero-order valence-corrected chi connectivity index (χ0v) is 9.03. The van der Waals surface area contributed by atoms with Crippen LogP contribution in [0, 0.1) is 10.1 Å². The average molecular weight is 225 g/mol. The van der Waals surface area contributed by atoms with E-state index in [1.165, 1.54) is 11.8 Å². The molecule has 0 radical (unpaired) electrons. The SMILES string of the molecule is CSC(=C[N+](=O)[O-])NCc1cccnc1. The van der Waals surface area contributed by atoms with Crippen LogP contribution in [0.3, 0.4) is 0 Å². The van der Waals surface area contributed by atoms with E-state index in [1.54, 1.807) is 18.6 Å². The van der Waals surface area contributed by atoms with Crippen molar-refractivity contribution < 1.29 is 4.92 Å². The summed E-state index contributed by atoms with van der Waals surface area (Å²) in [6.07, 6.45) is 6.15. The lowest BCUT2D eigenvalue weighted by Crippen LogP contribution is -2.11. The maximum atomic E-state index is 10.2. The van der Waals surface area contributed by atoms with E-state index in [0.717, 1.165) is 11.8 Å². The van der Waals surface area contributed by atoms with Crippen molar-refractivity contribution in [3.8, 4) is 0 Å². The minimum absolute atomic E-state index is 0.470. The van der Waals surface area contributed by atoms with Gasteiger partial charge in [0.2, 0.25) is 0 Å². The molecule has 0 unspecified atom stereocenters. The van der Waals surface area contributed by atoms with Crippen LogP contribution in [-0.2, 0) is 6.54 Å². The van der Waals surface area contributed by atoms with E-state index in [9.17, 15) is 10.1 Å². The van der Waals surface area contributed by atoms with Gasteiger partial charge in [0.1, 0.15) is 5.03 Å². The number of hydrogen-bond acceptors (Lipinski definition) is 5. The number of rotatable bonds is 5. The average Bonchev–Trinajstić information content (AvgIpc) is 2.25. The van der Waals surface area contributed by atoms with E-state index < -0.39 is 4.92 Å². The Kier molecular flexibility index (Phi) is 4.62. The number of thioether (sulfide) groups is 1. The second-order valence-electron chi connectivity index (χ2n) is 2.70. The maximum absolute atomic E-state index is 10.2. The van der Waals surface area contributed by atoms with Crippen molar-refractivity contribution in [2.24, 2.45) is 0 Å². The summed E-state index contributed by atoms with van der Waals surface area (Å²) < 4.78 is 0. The van der Waals surface area contributed by atoms with Crippen molar-refractivity contribution in [1.82, 2.24) is 10.3 Å². The first-order valence-corrected chi connectivity index (χ1v) is 5.47. The molecule has 15 heavy (non-hydrogen) atoms. The Morgan fingerprint density at radius 1 is 1.80 bits per heavy atom. The number of nitro groups is 1. The lowest BCUT2D eigenvalue weighted by molar-refractivity contribution is -0.403. The van der Waals surface area contributed by atoms with Gasteiger partial charge in [-0.25, -0.2) is 0 Å². The summed E-state index contributed by atoms with van der Waals surface area (Å²) in [5, 5.41) is 13.7. The summed E-state index contributed by atoms with van der Waals surface area (Å²) in [6, 6.07) is 3.73. The van der Waals surface area contributed by atoms with Gasteiger partial charge >= 0.3 is 0 Å². The van der Waals surface area contributed by atoms with Gasteiger partial charge in [-0.05, 0) is 17.9 Å². The Bertz CT molecular complexity index is 354. The predicted molar refractivity (Wildman–Crippen MR) is 59.7 cm³/mol. The number of nitrogens with zero attached hydrogens (tertiary/aromatic N) is 2. The highest BCUT2D eigenvalue weighted by atomic mass is 32.2. The van der Waals surface area contributed by atoms with E-state index in [4.69, 9.17) is 0 Å². The van der Waals surface area contributed by atoms with E-state index in [0.29, 0.717) is 11.6 Å². The molecule has 0 aliphatic rings. The number of hydrogen-bond donors (Lipinski definition) is 1. The molecule has 0 saturated heterocycles. The zero-order valence-electron chi connectivity index (χ0n) is 8.21. The van der Waals surface area contributed by atoms with Gasteiger partial charge in [0.25, 0.3) is 6.20 Å². The van der Waals surface area contributed by atoms with Gasteiger partial charge in [-0.3, -0.25) is 15.1 Å². The predicted octanol–water partition coefficient (Wildman–Crippen LogP) is 1.61. The van der Waals surface area contributed by atoms with Crippen molar-refractivity contribution in [3.63, 3.8) is 0 Å². The van der Waals surface area contributed by atoms with Crippen LogP contribution in [0.4, 0.5) is 0 Å². The lowest BCUT2D eigenvalue weighted by atomic mass is 10.3. The summed E-state index contributed by atoms with van der Waals surface area (Å²) in [5.41, 5.74) is 0.987. The molecule has 0 aliphatic heterocycles. The molecule has 1 rings (SSSR count). The first-order chi connectivity index (χ1) is 7.22. The van der Waals surface area contributed by atoms with Crippen LogP contribution in [0.1, 0.15) is 5.56 Å². The van der Waals surface area contributed by atoms with Gasteiger partial charge in [0, 0.05) is 18.9 Å². The van der Waals surface area contributed by atoms with Gasteiger partial charge in [0.15, 0.2) is 0 Å². The molecule has 0 spiro atoms. The molecule has 0 bridgehead atoms. The van der Waals surface area contributed by atoms with Crippen LogP contribution in [0.2, 0.25) is 0 Å². The molecule has 0 aromatic carbocycles. The Balaban J connectivity index is 2.52. The standard InChI is InChI=1S/C9H11N3O2S/c1-15-9(7-12(13)14)11-6-8-3-2-4-10-5-8/h2-5,7,11H,6H2,1H3. The molecule has 0 fully saturated rings. The number of nitrogens with one attached hydrogen (secondary N) is 1. The molecule has 80 valence electrons. The molecule has 1 aromatic heterocycles. The van der Waals surface area contributed by atoms with Crippen molar-refractivity contribution in [3.05, 3.63) is 51.4 Å². The molecule has 1 aromatic rings. The van der Waals surface area contributed by atoms with Crippen LogP contribution in [0.15, 0.2) is 35.8 Å². The number of pyridine rings is 1. The van der Waals surface area contributed by atoms with Gasteiger partial charge in [-0.1, -0.05) is 6.07 Å². The first-order valence-electron chi connectivity index (χ1n) is 4.24. The Morgan fingerprint density at radius 2 is 2.60 bits per heavy atom. The highest BCUT2D eigenvalue weighted by Crippen LogP contribution is 2.08. The van der Waals surface area contributed by atoms with Crippen molar-refractivity contribution in [2.45, 2.75) is 6.54 Å². The Labute approximate surface area is 91.7 Å². The fraction of sp³-hybridized carbons (Fsp3) is 0.222. The third-order valence-corrected chi connectivity index (χ3v) is 2.32. The molecular weight excluding hydrogens is 214 g/mol. The van der Waals surface area contributed by atoms with Crippen LogP contribution < -0.4 is 5.32 Å². The topological polar surface area (TPSA) is 68.1 Å². The van der Waals surface area contributed by atoms with Crippen LogP contribution in [0.5, 0.6) is 0 Å². The molecule has 0 atom stereocenters. The molecule has 5 nitrogen and oxygen atoms in total. The highest BCUT2D eigenvalue weighted by molar-refractivity contribution is 8.02. The summed E-state index contributed by atoms with van der Waals surface area (Å²) >= 11 is 1.31. The number of aromatic nitrogens is 1. The van der Waals surface area contributed by atoms with E-state index in [1.807, 2.05) is 12.1 Å². The molecular formula is C9H11N3O2S. The molecule has 0 aliphatic carbocycles. The fourth-order valence-electron chi connectivity index (χ4n) is 0.958. The van der Waals surface area contributed by atoms with Crippen molar-refractivity contribution in [2.75, 3.05) is 6.26 Å².